The Morgan fingerprint density at radius 1 is 1.20 bits per heavy atom. The molecule has 6 rings (SSSR count). The van der Waals surface area contributed by atoms with Gasteiger partial charge in [-0.25, -0.2) is 19.4 Å². The molecule has 0 spiro atoms. The molecule has 3 aromatic heterocycles. The summed E-state index contributed by atoms with van der Waals surface area (Å²) in [5.41, 5.74) is 1.48. The first kappa shape index (κ1) is 26.7. The number of likely N-dealkylation sites (tertiary alicyclic amines) is 1. The maximum Gasteiger partial charge on any atom is 0.278 e. The van der Waals surface area contributed by atoms with Gasteiger partial charge in [-0.15, -0.1) is 22.7 Å². The van der Waals surface area contributed by atoms with Crippen molar-refractivity contribution in [2.45, 2.75) is 39.3 Å². The van der Waals surface area contributed by atoms with Crippen LogP contribution < -0.4 is 5.32 Å². The van der Waals surface area contributed by atoms with Crippen molar-refractivity contribution in [2.75, 3.05) is 25.5 Å². The molecule has 8 nitrogen and oxygen atoms in total. The number of nitrogens with one attached hydrogen (secondary N) is 1. The molecule has 0 bridgehead atoms. The number of halogens is 1. The van der Waals surface area contributed by atoms with E-state index in [0.717, 1.165) is 26.4 Å². The van der Waals surface area contributed by atoms with Crippen LogP contribution in [0, 0.1) is 18.7 Å². The number of anilines is 1. The Morgan fingerprint density at radius 3 is 2.83 bits per heavy atom. The predicted octanol–water partition coefficient (Wildman–Crippen LogP) is 6.11. The van der Waals surface area contributed by atoms with Crippen LogP contribution >= 0.6 is 22.7 Å². The Morgan fingerprint density at radius 2 is 2.02 bits per heavy atom. The largest absolute Gasteiger partial charge is 0.381 e. The monoisotopic (exact) mass is 577 g/mol. The molecule has 2 aliphatic heterocycles. The second-order valence-corrected chi connectivity index (χ2v) is 12.4. The quantitative estimate of drug-likeness (QED) is 0.285. The molecule has 4 aromatic rings. The standard InChI is InChI=1S/C29H28FN5O3S2/c1-14(22-5-6-23(39-22)20-10-19(30)9-18-12-31-27(36)25(18)20)32-26-21-11-24(40-28(21)34-16(3)33-26)29(37)35-8-7-17(13-35)15(2)38-4/h5-6,9-12,14-15,17H,7-8,13H2,1-4H3,(H,32,33,34). The van der Waals surface area contributed by atoms with Crippen molar-refractivity contribution in [3.8, 4) is 10.4 Å². The Balaban J connectivity index is 1.25. The Hall–Kier alpha value is -3.54. The number of aliphatic imine (C=N–C) groups is 1. The van der Waals surface area contributed by atoms with Gasteiger partial charge in [-0.3, -0.25) is 9.59 Å². The summed E-state index contributed by atoms with van der Waals surface area (Å²) in [7, 11) is 1.71. The van der Waals surface area contributed by atoms with Crippen molar-refractivity contribution in [1.29, 1.82) is 0 Å². The van der Waals surface area contributed by atoms with Crippen LogP contribution in [0.25, 0.3) is 20.7 Å². The molecule has 5 heterocycles. The van der Waals surface area contributed by atoms with Crippen molar-refractivity contribution < 1.29 is 18.7 Å². The lowest BCUT2D eigenvalue weighted by molar-refractivity contribution is 0.0637. The molecular formula is C29H28FN5O3S2. The van der Waals surface area contributed by atoms with Gasteiger partial charge in [0.05, 0.1) is 28.0 Å². The summed E-state index contributed by atoms with van der Waals surface area (Å²) < 4.78 is 19.8. The predicted molar refractivity (Wildman–Crippen MR) is 156 cm³/mol. The molecule has 1 saturated heterocycles. The van der Waals surface area contributed by atoms with Crippen LogP contribution in [0.5, 0.6) is 0 Å². The van der Waals surface area contributed by atoms with Gasteiger partial charge in [0.15, 0.2) is 0 Å². The van der Waals surface area contributed by atoms with E-state index in [2.05, 4.69) is 20.3 Å². The minimum absolute atomic E-state index is 0.00880. The first-order chi connectivity index (χ1) is 19.2. The smallest absolute Gasteiger partial charge is 0.278 e. The number of fused-ring (bicyclic) bond motifs is 2. The van der Waals surface area contributed by atoms with Gasteiger partial charge < -0.3 is 15.0 Å². The summed E-state index contributed by atoms with van der Waals surface area (Å²) in [6.45, 7) is 7.29. The van der Waals surface area contributed by atoms with E-state index in [1.54, 1.807) is 7.11 Å². The van der Waals surface area contributed by atoms with Gasteiger partial charge in [-0.2, -0.15) is 0 Å². The number of rotatable bonds is 7. The number of aromatic nitrogens is 2. The number of carbonyl (C=O) groups excluding carboxylic acids is 2. The van der Waals surface area contributed by atoms with Gasteiger partial charge in [0.25, 0.3) is 11.8 Å². The number of carbonyl (C=O) groups is 2. The maximum absolute atomic E-state index is 14.3. The van der Waals surface area contributed by atoms with E-state index in [9.17, 15) is 14.0 Å². The molecule has 0 aliphatic carbocycles. The second kappa shape index (κ2) is 10.5. The van der Waals surface area contributed by atoms with Crippen molar-refractivity contribution in [3.05, 3.63) is 62.9 Å². The SMILES string of the molecule is COC(C)C1CCN(C(=O)c2cc3c(NC(C)c4ccc(-c5cc(F)cc6c5C(=O)N=C6)s4)nc(C)nc3s2)C1. The molecule has 206 valence electrons. The molecule has 11 heteroatoms. The number of nitrogens with zero attached hydrogens (tertiary/aromatic N) is 4. The zero-order chi connectivity index (χ0) is 28.1. The summed E-state index contributed by atoms with van der Waals surface area (Å²) in [5, 5.41) is 4.29. The summed E-state index contributed by atoms with van der Waals surface area (Å²) in [4.78, 5) is 43.8. The number of benzene rings is 1. The summed E-state index contributed by atoms with van der Waals surface area (Å²) in [5.74, 6) is 0.843. The summed E-state index contributed by atoms with van der Waals surface area (Å²) in [6, 6.07) is 8.32. The van der Waals surface area contributed by atoms with Crippen molar-refractivity contribution in [2.24, 2.45) is 10.9 Å². The van der Waals surface area contributed by atoms with E-state index in [-0.39, 0.29) is 24.0 Å². The van der Waals surface area contributed by atoms with Crippen molar-refractivity contribution in [1.82, 2.24) is 14.9 Å². The van der Waals surface area contributed by atoms with E-state index in [1.807, 2.05) is 43.9 Å². The lowest BCUT2D eigenvalue weighted by Gasteiger charge is -2.19. The number of hydrogen-bond donors (Lipinski definition) is 1. The van der Waals surface area contributed by atoms with Gasteiger partial charge in [0.2, 0.25) is 0 Å². The molecule has 0 radical (unpaired) electrons. The van der Waals surface area contributed by atoms with Gasteiger partial charge >= 0.3 is 0 Å². The average Bonchev–Trinajstić information content (AvgIpc) is 3.73. The fourth-order valence-electron chi connectivity index (χ4n) is 5.31. The lowest BCUT2D eigenvalue weighted by atomic mass is 10.0. The van der Waals surface area contributed by atoms with Gasteiger partial charge in [0.1, 0.15) is 22.3 Å². The molecule has 2 amide bonds. The van der Waals surface area contributed by atoms with E-state index < -0.39 is 5.82 Å². The number of methoxy groups -OCH3 is 1. The number of aryl methyl sites for hydroxylation is 1. The van der Waals surface area contributed by atoms with Crippen LogP contribution in [0.3, 0.4) is 0 Å². The molecule has 3 unspecified atom stereocenters. The third kappa shape index (κ3) is 4.82. The Bertz CT molecular complexity index is 1680. The molecule has 0 saturated carbocycles. The highest BCUT2D eigenvalue weighted by molar-refractivity contribution is 7.20. The summed E-state index contributed by atoms with van der Waals surface area (Å²) >= 11 is 2.86. The molecule has 1 fully saturated rings. The number of hydrogen-bond acceptors (Lipinski definition) is 8. The molecule has 40 heavy (non-hydrogen) atoms. The minimum Gasteiger partial charge on any atom is -0.381 e. The van der Waals surface area contributed by atoms with Crippen LogP contribution in [-0.4, -0.2) is 59.2 Å². The molecule has 1 N–H and O–H groups in total. The Labute approximate surface area is 238 Å². The van der Waals surface area contributed by atoms with E-state index >= 15 is 0 Å². The van der Waals surface area contributed by atoms with Gasteiger partial charge in [-0.1, -0.05) is 0 Å². The normalized spacial score (nSPS) is 18.0. The lowest BCUT2D eigenvalue weighted by Crippen LogP contribution is -2.30. The second-order valence-electron chi connectivity index (χ2n) is 10.2. The minimum atomic E-state index is -0.407. The van der Waals surface area contributed by atoms with Crippen LogP contribution in [-0.2, 0) is 4.74 Å². The third-order valence-electron chi connectivity index (χ3n) is 7.60. The van der Waals surface area contributed by atoms with Crippen molar-refractivity contribution in [3.63, 3.8) is 0 Å². The summed E-state index contributed by atoms with van der Waals surface area (Å²) in [6.07, 6.45) is 2.45. The highest BCUT2D eigenvalue weighted by Gasteiger charge is 2.31. The van der Waals surface area contributed by atoms with Crippen LogP contribution in [0.4, 0.5) is 10.2 Å². The fourth-order valence-corrected chi connectivity index (χ4v) is 7.39. The van der Waals surface area contributed by atoms with E-state index in [1.165, 1.54) is 41.0 Å². The number of thiophene rings is 2. The molecule has 1 aromatic carbocycles. The van der Waals surface area contributed by atoms with Crippen LogP contribution in [0.2, 0.25) is 0 Å². The highest BCUT2D eigenvalue weighted by Crippen LogP contribution is 2.38. The van der Waals surface area contributed by atoms with Crippen LogP contribution in [0.1, 0.15) is 62.6 Å². The fraction of sp³-hybridized carbons (Fsp3) is 0.345. The maximum atomic E-state index is 14.3. The zero-order valence-corrected chi connectivity index (χ0v) is 24.2. The van der Waals surface area contributed by atoms with Gasteiger partial charge in [0, 0.05) is 53.2 Å². The topological polar surface area (TPSA) is 96.8 Å². The molecule has 2 aliphatic rings. The molecular weight excluding hydrogens is 549 g/mol. The zero-order valence-electron chi connectivity index (χ0n) is 22.5. The number of amides is 2. The van der Waals surface area contributed by atoms with E-state index in [4.69, 9.17) is 4.74 Å². The third-order valence-corrected chi connectivity index (χ3v) is 9.92. The van der Waals surface area contributed by atoms with Crippen molar-refractivity contribution >= 4 is 56.7 Å². The van der Waals surface area contributed by atoms with E-state index in [0.29, 0.717) is 52.2 Å². The first-order valence-corrected chi connectivity index (χ1v) is 14.7. The van der Waals surface area contributed by atoms with Gasteiger partial charge in [-0.05, 0) is 57.5 Å². The van der Waals surface area contributed by atoms with Crippen LogP contribution in [0.15, 0.2) is 35.3 Å². The molecule has 3 atom stereocenters. The average molecular weight is 578 g/mol. The number of ether oxygens (including phenoxy) is 1. The Kier molecular flexibility index (Phi) is 6.97. The first-order valence-electron chi connectivity index (χ1n) is 13.1. The highest BCUT2D eigenvalue weighted by atomic mass is 32.1.